The van der Waals surface area contributed by atoms with Crippen LogP contribution in [0.1, 0.15) is 0 Å². The fraction of sp³-hybridized carbons (Fsp3) is 0. The lowest BCUT2D eigenvalue weighted by Crippen LogP contribution is -2.24. The summed E-state index contributed by atoms with van der Waals surface area (Å²) in [7, 11) is 0. The molecule has 1 amide bonds. The van der Waals surface area contributed by atoms with Gasteiger partial charge in [-0.2, -0.15) is 0 Å². The monoisotopic (exact) mass is 140 g/mol. The Morgan fingerprint density at radius 3 is 2.25 bits per heavy atom. The highest BCUT2D eigenvalue weighted by molar-refractivity contribution is 6.18. The molecular formula is CHClN2O4. The zero-order valence-corrected chi connectivity index (χ0v) is 4.20. The van der Waals surface area contributed by atoms with Gasteiger partial charge in [0.05, 0.1) is 16.3 Å². The molecule has 0 heterocycles. The van der Waals surface area contributed by atoms with Crippen molar-refractivity contribution in [3.05, 3.63) is 10.1 Å². The third-order valence-corrected chi connectivity index (χ3v) is 0.569. The lowest BCUT2D eigenvalue weighted by atomic mass is 11.3. The highest BCUT2D eigenvalue weighted by Crippen LogP contribution is 1.91. The minimum Gasteiger partial charge on any atom is -0.460 e. The van der Waals surface area contributed by atoms with Crippen LogP contribution in [0, 0.1) is 10.1 Å². The molecule has 0 aliphatic rings. The van der Waals surface area contributed by atoms with Gasteiger partial charge < -0.3 is 5.11 Å². The van der Waals surface area contributed by atoms with Crippen LogP contribution in [0.25, 0.3) is 0 Å². The van der Waals surface area contributed by atoms with Crippen molar-refractivity contribution < 1.29 is 14.9 Å². The third kappa shape index (κ3) is 1.61. The van der Waals surface area contributed by atoms with Gasteiger partial charge >= 0.3 is 6.09 Å². The van der Waals surface area contributed by atoms with E-state index in [1.165, 1.54) is 0 Å². The molecule has 0 bridgehead atoms. The normalized spacial score (nSPS) is 8.12. The lowest BCUT2D eigenvalue weighted by Gasteiger charge is -1.93. The molecule has 6 nitrogen and oxygen atoms in total. The predicted molar refractivity (Wildman–Crippen MR) is 22.7 cm³/mol. The largest absolute Gasteiger partial charge is 0.482 e. The maximum absolute atomic E-state index is 9.49. The van der Waals surface area contributed by atoms with Gasteiger partial charge in [0.15, 0.2) is 5.03 Å². The van der Waals surface area contributed by atoms with Gasteiger partial charge in [-0.1, -0.05) is 0 Å². The molecule has 0 saturated heterocycles. The van der Waals surface area contributed by atoms with Gasteiger partial charge in [-0.15, -0.1) is 0 Å². The van der Waals surface area contributed by atoms with Crippen molar-refractivity contribution in [1.29, 1.82) is 0 Å². The summed E-state index contributed by atoms with van der Waals surface area (Å²) in [6, 6.07) is 0. The number of amides is 1. The minimum absolute atomic E-state index is 0.556. The Labute approximate surface area is 48.5 Å². The van der Waals surface area contributed by atoms with Crippen LogP contribution >= 0.6 is 11.8 Å². The molecule has 46 valence electrons. The number of nitro groups is 1. The van der Waals surface area contributed by atoms with E-state index in [0.717, 1.165) is 0 Å². The molecule has 0 unspecified atom stereocenters. The van der Waals surface area contributed by atoms with E-state index in [1.54, 1.807) is 0 Å². The van der Waals surface area contributed by atoms with Crippen LogP contribution in [0.3, 0.4) is 0 Å². The first-order valence-corrected chi connectivity index (χ1v) is 1.72. The van der Waals surface area contributed by atoms with E-state index in [1.807, 2.05) is 0 Å². The van der Waals surface area contributed by atoms with Gasteiger partial charge in [0, 0.05) is 0 Å². The van der Waals surface area contributed by atoms with Crippen LogP contribution in [0.5, 0.6) is 0 Å². The van der Waals surface area contributed by atoms with Gasteiger partial charge in [0.1, 0.15) is 0 Å². The molecule has 8 heavy (non-hydrogen) atoms. The summed E-state index contributed by atoms with van der Waals surface area (Å²) in [6.45, 7) is 0. The number of nitrogens with zero attached hydrogens (tertiary/aromatic N) is 2. The van der Waals surface area contributed by atoms with Crippen LogP contribution in [-0.2, 0) is 0 Å². The summed E-state index contributed by atoms with van der Waals surface area (Å²) in [4.78, 5) is 18.9. The molecule has 1 N–H and O–H groups in total. The molecule has 0 radical (unpaired) electrons. The predicted octanol–water partition coefficient (Wildman–Crippen LogP) is 0.312. The Kier molecular flexibility index (Phi) is 2.01. The Balaban J connectivity index is 3.83. The molecule has 0 spiro atoms. The van der Waals surface area contributed by atoms with Crippen LogP contribution < -0.4 is 0 Å². The van der Waals surface area contributed by atoms with Gasteiger partial charge in [0.2, 0.25) is 0 Å². The molecule has 0 aromatic rings. The maximum atomic E-state index is 9.49. The first kappa shape index (κ1) is 6.96. The van der Waals surface area contributed by atoms with Crippen LogP contribution in [0.15, 0.2) is 0 Å². The molecule has 0 saturated carbocycles. The van der Waals surface area contributed by atoms with Crippen LogP contribution in [0.2, 0.25) is 0 Å². The second-order valence-corrected chi connectivity index (χ2v) is 1.10. The summed E-state index contributed by atoms with van der Waals surface area (Å²) < 4.78 is -0.556. The number of rotatable bonds is 1. The number of carboxylic acid groups (broad SMARTS) is 1. The fourth-order valence-corrected chi connectivity index (χ4v) is 0.0698. The van der Waals surface area contributed by atoms with E-state index >= 15 is 0 Å². The average Bonchev–Trinajstić information content (AvgIpc) is 1.64. The Hall–Kier alpha value is -1.04. The first-order chi connectivity index (χ1) is 3.55. The van der Waals surface area contributed by atoms with E-state index in [4.69, 9.17) is 5.11 Å². The first-order valence-electron chi connectivity index (χ1n) is 1.39. The highest BCUT2D eigenvalue weighted by atomic mass is 35.5. The smallest absolute Gasteiger partial charge is 0.460 e. The number of carbonyl (C=O) groups is 1. The van der Waals surface area contributed by atoms with Crippen LogP contribution in [0.4, 0.5) is 4.79 Å². The molecule has 0 atom stereocenters. The minimum atomic E-state index is -1.81. The zero-order valence-electron chi connectivity index (χ0n) is 3.44. The average molecular weight is 140 g/mol. The van der Waals surface area contributed by atoms with E-state index < -0.39 is 15.7 Å². The lowest BCUT2D eigenvalue weighted by molar-refractivity contribution is -0.602. The molecule has 7 heteroatoms. The van der Waals surface area contributed by atoms with Crippen LogP contribution in [-0.4, -0.2) is 20.8 Å². The summed E-state index contributed by atoms with van der Waals surface area (Å²) in [6.07, 6.45) is -1.81. The van der Waals surface area contributed by atoms with Crippen molar-refractivity contribution >= 4 is 17.9 Å². The molecule has 0 aliphatic heterocycles. The second-order valence-electron chi connectivity index (χ2n) is 0.781. The van der Waals surface area contributed by atoms with Gasteiger partial charge in [-0.3, -0.25) is 0 Å². The number of hydrogen-bond acceptors (Lipinski definition) is 3. The van der Waals surface area contributed by atoms with E-state index in [0.29, 0.717) is 0 Å². The van der Waals surface area contributed by atoms with Crippen molar-refractivity contribution in [3.63, 3.8) is 0 Å². The molecule has 0 fully saturated rings. The molecule has 0 aromatic carbocycles. The SMILES string of the molecule is O=C(O)N(Cl)[N+](=O)[O-]. The van der Waals surface area contributed by atoms with Gasteiger partial charge in [-0.05, 0) is 0 Å². The zero-order chi connectivity index (χ0) is 6.73. The number of hydrogen-bond donors (Lipinski definition) is 1. The maximum Gasteiger partial charge on any atom is 0.482 e. The number of hydrazine groups is 1. The van der Waals surface area contributed by atoms with Crippen molar-refractivity contribution in [2.45, 2.75) is 0 Å². The Morgan fingerprint density at radius 1 is 1.88 bits per heavy atom. The standard InChI is InChI=1S/CHClN2O4/c2-3(1(5)6)4(7)8/h(H,5,6). The molecular weight excluding hydrogens is 139 g/mol. The molecule has 0 aliphatic carbocycles. The van der Waals surface area contributed by atoms with Gasteiger partial charge in [0.25, 0.3) is 0 Å². The summed E-state index contributed by atoms with van der Waals surface area (Å²) >= 11 is 4.49. The second kappa shape index (κ2) is 2.31. The highest BCUT2D eigenvalue weighted by Gasteiger charge is 2.19. The third-order valence-electron chi connectivity index (χ3n) is 0.301. The summed E-state index contributed by atoms with van der Waals surface area (Å²) in [5, 5.41) is 15.8. The topological polar surface area (TPSA) is 83.7 Å². The van der Waals surface area contributed by atoms with Crippen molar-refractivity contribution in [2.75, 3.05) is 0 Å². The van der Waals surface area contributed by atoms with Gasteiger partial charge in [-0.25, -0.2) is 14.9 Å². The van der Waals surface area contributed by atoms with Crippen molar-refractivity contribution in [2.24, 2.45) is 0 Å². The summed E-state index contributed by atoms with van der Waals surface area (Å²) in [5.41, 5.74) is 0. The van der Waals surface area contributed by atoms with E-state index in [-0.39, 0.29) is 0 Å². The number of halogens is 1. The van der Waals surface area contributed by atoms with E-state index in [2.05, 4.69) is 11.8 Å². The summed E-state index contributed by atoms with van der Waals surface area (Å²) in [5.74, 6) is 0. The molecule has 0 rings (SSSR count). The van der Waals surface area contributed by atoms with Crippen molar-refractivity contribution in [1.82, 2.24) is 4.53 Å². The quantitative estimate of drug-likeness (QED) is 0.323. The Morgan fingerprint density at radius 2 is 2.25 bits per heavy atom. The van der Waals surface area contributed by atoms with E-state index in [9.17, 15) is 14.9 Å². The fourth-order valence-electron chi connectivity index (χ4n) is 0.0698. The Bertz CT molecular complexity index is 109. The van der Waals surface area contributed by atoms with Crippen molar-refractivity contribution in [3.8, 4) is 0 Å². The molecule has 0 aromatic heterocycles.